The summed E-state index contributed by atoms with van der Waals surface area (Å²) < 4.78 is 39.2. The molecule has 4 nitrogen and oxygen atoms in total. The van der Waals surface area contributed by atoms with Crippen molar-refractivity contribution in [2.75, 3.05) is 11.9 Å². The lowest BCUT2D eigenvalue weighted by molar-refractivity contribution is -0.137. The molecule has 0 fully saturated rings. The number of β-amino-alcohol motifs (C(OH)–C–C–N with tert-alkyl or cyclic N) is 1. The summed E-state index contributed by atoms with van der Waals surface area (Å²) in [4.78, 5) is 11.0. The normalized spacial score (nSPS) is 13.8. The van der Waals surface area contributed by atoms with Crippen LogP contribution in [0.15, 0.2) is 18.2 Å². The minimum Gasteiger partial charge on any atom is -0.387 e. The maximum absolute atomic E-state index is 13.1. The summed E-state index contributed by atoms with van der Waals surface area (Å²) in [5.74, 6) is -0.590. The van der Waals surface area contributed by atoms with Crippen LogP contribution in [0.3, 0.4) is 0 Å². The van der Waals surface area contributed by atoms with Gasteiger partial charge in [0.05, 0.1) is 17.4 Å². The van der Waals surface area contributed by atoms with Gasteiger partial charge in [0.1, 0.15) is 0 Å². The van der Waals surface area contributed by atoms with E-state index in [4.69, 9.17) is 0 Å². The number of rotatable bonds is 4. The van der Waals surface area contributed by atoms with Crippen molar-refractivity contribution in [3.63, 3.8) is 0 Å². The molecule has 22 heavy (non-hydrogen) atoms. The maximum Gasteiger partial charge on any atom is 0.418 e. The van der Waals surface area contributed by atoms with E-state index in [0.717, 1.165) is 19.1 Å². The van der Waals surface area contributed by atoms with E-state index in [2.05, 4.69) is 10.6 Å². The molecule has 7 heteroatoms. The average Bonchev–Trinajstić information content (AvgIpc) is 2.33. The zero-order valence-corrected chi connectivity index (χ0v) is 13.0. The first-order chi connectivity index (χ1) is 9.90. The summed E-state index contributed by atoms with van der Waals surface area (Å²) in [6, 6.07) is 3.38. The summed E-state index contributed by atoms with van der Waals surface area (Å²) in [5, 5.41) is 15.2. The van der Waals surface area contributed by atoms with Gasteiger partial charge < -0.3 is 15.7 Å². The van der Waals surface area contributed by atoms with Crippen LogP contribution in [0.1, 0.15) is 44.9 Å². The molecule has 1 unspecified atom stereocenters. The van der Waals surface area contributed by atoms with Crippen LogP contribution in [0.4, 0.5) is 18.9 Å². The van der Waals surface area contributed by atoms with Gasteiger partial charge in [-0.3, -0.25) is 4.79 Å². The number of hydrogen-bond acceptors (Lipinski definition) is 3. The first-order valence-corrected chi connectivity index (χ1v) is 6.82. The molecule has 1 aromatic rings. The van der Waals surface area contributed by atoms with Gasteiger partial charge in [-0.2, -0.15) is 13.2 Å². The number of hydrogen-bond donors (Lipinski definition) is 3. The number of benzene rings is 1. The Morgan fingerprint density at radius 3 is 2.32 bits per heavy atom. The van der Waals surface area contributed by atoms with Crippen LogP contribution < -0.4 is 10.6 Å². The second-order valence-electron chi connectivity index (χ2n) is 6.13. The van der Waals surface area contributed by atoms with Crippen molar-refractivity contribution in [3.05, 3.63) is 29.3 Å². The summed E-state index contributed by atoms with van der Waals surface area (Å²) in [5.41, 5.74) is -1.42. The van der Waals surface area contributed by atoms with Crippen molar-refractivity contribution in [2.24, 2.45) is 0 Å². The smallest absolute Gasteiger partial charge is 0.387 e. The Kier molecular flexibility index (Phi) is 5.59. The van der Waals surface area contributed by atoms with E-state index in [-0.39, 0.29) is 23.3 Å². The van der Waals surface area contributed by atoms with Crippen molar-refractivity contribution < 1.29 is 23.1 Å². The molecule has 0 aliphatic rings. The topological polar surface area (TPSA) is 61.4 Å². The number of nitrogens with one attached hydrogen (secondary N) is 2. The summed E-state index contributed by atoms with van der Waals surface area (Å²) in [7, 11) is 0. The molecule has 0 heterocycles. The third-order valence-corrected chi connectivity index (χ3v) is 2.87. The third-order valence-electron chi connectivity index (χ3n) is 2.87. The third kappa shape index (κ3) is 5.65. The van der Waals surface area contributed by atoms with Crippen molar-refractivity contribution in [1.29, 1.82) is 0 Å². The number of aliphatic hydroxyl groups excluding tert-OH is 1. The number of aliphatic hydroxyl groups is 1. The van der Waals surface area contributed by atoms with E-state index in [1.165, 1.54) is 6.07 Å². The second kappa shape index (κ2) is 6.66. The molecule has 1 amide bonds. The van der Waals surface area contributed by atoms with E-state index >= 15 is 0 Å². The lowest BCUT2D eigenvalue weighted by atomic mass is 10.0. The Balaban J connectivity index is 3.06. The first-order valence-electron chi connectivity index (χ1n) is 6.82. The SMILES string of the molecule is CC(=O)Nc1ccc(C(O)CNC(C)(C)C)cc1C(F)(F)F. The van der Waals surface area contributed by atoms with Gasteiger partial charge >= 0.3 is 6.18 Å². The molecule has 0 saturated heterocycles. The maximum atomic E-state index is 13.1. The molecule has 0 aliphatic carbocycles. The van der Waals surface area contributed by atoms with Gasteiger partial charge in [-0.25, -0.2) is 0 Å². The fraction of sp³-hybridized carbons (Fsp3) is 0.533. The van der Waals surface area contributed by atoms with Crippen molar-refractivity contribution in [3.8, 4) is 0 Å². The average molecular weight is 318 g/mol. The van der Waals surface area contributed by atoms with Gasteiger partial charge in [0.2, 0.25) is 5.91 Å². The van der Waals surface area contributed by atoms with E-state index in [9.17, 15) is 23.1 Å². The molecular formula is C15H21F3N2O2. The molecular weight excluding hydrogens is 297 g/mol. The predicted molar refractivity (Wildman–Crippen MR) is 78.5 cm³/mol. The Bertz CT molecular complexity index is 537. The number of amides is 1. The Hall–Kier alpha value is -1.60. The van der Waals surface area contributed by atoms with Gasteiger partial charge in [-0.1, -0.05) is 6.07 Å². The van der Waals surface area contributed by atoms with Crippen LogP contribution in [-0.4, -0.2) is 23.1 Å². The quantitative estimate of drug-likeness (QED) is 0.799. The van der Waals surface area contributed by atoms with Crippen molar-refractivity contribution in [2.45, 2.75) is 45.5 Å². The first kappa shape index (κ1) is 18.4. The molecule has 0 radical (unpaired) electrons. The van der Waals surface area contributed by atoms with Crippen LogP contribution in [0.5, 0.6) is 0 Å². The number of carbonyl (C=O) groups excluding carboxylic acids is 1. The molecule has 0 aliphatic heterocycles. The number of anilines is 1. The summed E-state index contributed by atoms with van der Waals surface area (Å²) >= 11 is 0. The molecule has 124 valence electrons. The van der Waals surface area contributed by atoms with Crippen molar-refractivity contribution in [1.82, 2.24) is 5.32 Å². The van der Waals surface area contributed by atoms with E-state index < -0.39 is 23.8 Å². The fourth-order valence-corrected chi connectivity index (χ4v) is 1.82. The number of alkyl halides is 3. The zero-order chi connectivity index (χ0) is 17.1. The minimum absolute atomic E-state index is 0.125. The van der Waals surface area contributed by atoms with E-state index in [0.29, 0.717) is 0 Å². The molecule has 1 rings (SSSR count). The molecule has 0 saturated carbocycles. The number of carbonyl (C=O) groups is 1. The van der Waals surface area contributed by atoms with Crippen LogP contribution in [0.2, 0.25) is 0 Å². The molecule has 0 spiro atoms. The Morgan fingerprint density at radius 2 is 1.86 bits per heavy atom. The summed E-state index contributed by atoms with van der Waals surface area (Å²) in [6.07, 6.45) is -5.70. The Morgan fingerprint density at radius 1 is 1.27 bits per heavy atom. The highest BCUT2D eigenvalue weighted by atomic mass is 19.4. The monoisotopic (exact) mass is 318 g/mol. The van der Waals surface area contributed by atoms with E-state index in [1.54, 1.807) is 0 Å². The molecule has 1 atom stereocenters. The lowest BCUT2D eigenvalue weighted by Crippen LogP contribution is -2.38. The number of halogens is 3. The van der Waals surface area contributed by atoms with Crippen LogP contribution in [0, 0.1) is 0 Å². The highest BCUT2D eigenvalue weighted by Gasteiger charge is 2.34. The molecule has 0 bridgehead atoms. The van der Waals surface area contributed by atoms with Crippen LogP contribution >= 0.6 is 0 Å². The molecule has 1 aromatic carbocycles. The molecule has 0 aromatic heterocycles. The summed E-state index contributed by atoms with van der Waals surface area (Å²) in [6.45, 7) is 6.93. The molecule has 3 N–H and O–H groups in total. The highest BCUT2D eigenvalue weighted by molar-refractivity contribution is 5.89. The van der Waals surface area contributed by atoms with Crippen LogP contribution in [0.25, 0.3) is 0 Å². The van der Waals surface area contributed by atoms with Gasteiger partial charge in [0.15, 0.2) is 0 Å². The lowest BCUT2D eigenvalue weighted by Gasteiger charge is -2.23. The van der Waals surface area contributed by atoms with E-state index in [1.807, 2.05) is 20.8 Å². The second-order valence-corrected chi connectivity index (χ2v) is 6.13. The minimum atomic E-state index is -4.62. The Labute approximate surface area is 127 Å². The predicted octanol–water partition coefficient (Wildman–Crippen LogP) is 3.09. The van der Waals surface area contributed by atoms with Gasteiger partial charge in [0, 0.05) is 19.0 Å². The van der Waals surface area contributed by atoms with Crippen LogP contribution in [-0.2, 0) is 11.0 Å². The standard InChI is InChI=1S/C15H21F3N2O2/c1-9(21)20-12-6-5-10(7-11(12)15(16,17)18)13(22)8-19-14(2,3)4/h5-7,13,19,22H,8H2,1-4H3,(H,20,21). The fourth-order valence-electron chi connectivity index (χ4n) is 1.82. The zero-order valence-electron chi connectivity index (χ0n) is 13.0. The van der Waals surface area contributed by atoms with Gasteiger partial charge in [-0.15, -0.1) is 0 Å². The largest absolute Gasteiger partial charge is 0.418 e. The highest BCUT2D eigenvalue weighted by Crippen LogP contribution is 2.36. The van der Waals surface area contributed by atoms with Gasteiger partial charge in [0.25, 0.3) is 0 Å². The van der Waals surface area contributed by atoms with Crippen molar-refractivity contribution >= 4 is 11.6 Å². The van der Waals surface area contributed by atoms with Gasteiger partial charge in [-0.05, 0) is 38.5 Å².